The van der Waals surface area contributed by atoms with E-state index in [0.29, 0.717) is 18.2 Å². The number of halogens is 1. The van der Waals surface area contributed by atoms with Crippen molar-refractivity contribution in [2.24, 2.45) is 0 Å². The molecule has 0 aliphatic rings. The maximum absolute atomic E-state index is 13.1. The molecule has 0 bridgehead atoms. The Kier molecular flexibility index (Phi) is 8.72. The number of hydrogen-bond donors (Lipinski definition) is 1. The van der Waals surface area contributed by atoms with Gasteiger partial charge in [0, 0.05) is 0 Å². The van der Waals surface area contributed by atoms with Gasteiger partial charge >= 0.3 is 171 Å². The SMILES string of the molecule is CS(=O)(=O)CC[As]Cc1ccc(-c2cc3c(Nc4ccc(OCc5ccc(F)cc5)cc4)ncnc3cn2)cc1. The number of aromatic nitrogens is 3. The first-order valence-electron chi connectivity index (χ1n) is 12.6. The van der Waals surface area contributed by atoms with Gasteiger partial charge in [-0.3, -0.25) is 0 Å². The standard InChI is InChI=1S/C30H27AsFN4O3S/c1-40(37,38)15-14-31-17-21-2-6-23(7-3-21)28-16-27-29(18-33-28)34-20-35-30(27)36-25-10-12-26(13-11-25)39-19-22-4-8-24(32)9-5-22/h2-13,16,18,20H,14-15,17,19H2,1H3,(H,34,35,36). The second kappa shape index (κ2) is 12.6. The van der Waals surface area contributed by atoms with Crippen LogP contribution in [0.15, 0.2) is 91.4 Å². The van der Waals surface area contributed by atoms with Gasteiger partial charge in [0.15, 0.2) is 0 Å². The van der Waals surface area contributed by atoms with E-state index in [-0.39, 0.29) is 27.3 Å². The Balaban J connectivity index is 1.25. The van der Waals surface area contributed by atoms with Gasteiger partial charge in [-0.1, -0.05) is 12.1 Å². The number of rotatable bonds is 11. The summed E-state index contributed by atoms with van der Waals surface area (Å²) in [6, 6.07) is 24.0. The molecule has 0 unspecified atom stereocenters. The number of anilines is 2. The van der Waals surface area contributed by atoms with Crippen molar-refractivity contribution in [3.63, 3.8) is 0 Å². The summed E-state index contributed by atoms with van der Waals surface area (Å²) in [5, 5.41) is 5.89. The Morgan fingerprint density at radius 1 is 0.900 bits per heavy atom. The fraction of sp³-hybridized carbons (Fsp3) is 0.167. The molecule has 5 aromatic rings. The zero-order valence-corrected chi connectivity index (χ0v) is 24.5. The number of sulfone groups is 1. The van der Waals surface area contributed by atoms with E-state index in [9.17, 15) is 12.8 Å². The van der Waals surface area contributed by atoms with E-state index in [1.165, 1.54) is 30.3 Å². The number of hydrogen-bond acceptors (Lipinski definition) is 7. The summed E-state index contributed by atoms with van der Waals surface area (Å²) in [6.07, 6.45) is 4.54. The summed E-state index contributed by atoms with van der Waals surface area (Å²) in [5.41, 5.74) is 5.46. The van der Waals surface area contributed by atoms with Crippen LogP contribution >= 0.6 is 0 Å². The van der Waals surface area contributed by atoms with Gasteiger partial charge in [0.2, 0.25) is 0 Å². The van der Waals surface area contributed by atoms with Gasteiger partial charge < -0.3 is 4.74 Å². The molecular weight excluding hydrogens is 590 g/mol. The fourth-order valence-corrected chi connectivity index (χ4v) is 8.63. The third kappa shape index (κ3) is 7.64. The molecule has 0 aliphatic heterocycles. The average molecular weight is 618 g/mol. The summed E-state index contributed by atoms with van der Waals surface area (Å²) < 4.78 is 41.6. The molecule has 2 aromatic heterocycles. The Hall–Kier alpha value is -3.81. The van der Waals surface area contributed by atoms with E-state index in [1.54, 1.807) is 18.3 Å². The zero-order valence-electron chi connectivity index (χ0n) is 21.8. The minimum atomic E-state index is -2.89. The third-order valence-corrected chi connectivity index (χ3v) is 10.1. The second-order valence-electron chi connectivity index (χ2n) is 9.31. The minimum absolute atomic E-state index is 0.0439. The van der Waals surface area contributed by atoms with Gasteiger partial charge in [0.25, 0.3) is 0 Å². The molecule has 0 aliphatic carbocycles. The van der Waals surface area contributed by atoms with Crippen molar-refractivity contribution in [1.82, 2.24) is 15.0 Å². The number of pyridine rings is 1. The number of fused-ring (bicyclic) bond motifs is 1. The summed E-state index contributed by atoms with van der Waals surface area (Å²) >= 11 is -0.0439. The molecule has 7 nitrogen and oxygen atoms in total. The number of benzene rings is 3. The molecule has 1 radical (unpaired) electrons. The number of nitrogens with one attached hydrogen (secondary N) is 1. The molecule has 1 N–H and O–H groups in total. The normalized spacial score (nSPS) is 11.8. The number of nitrogens with zero attached hydrogens (tertiary/aromatic N) is 3. The van der Waals surface area contributed by atoms with Crippen molar-refractivity contribution < 1.29 is 17.5 Å². The quantitative estimate of drug-likeness (QED) is 0.148. The Morgan fingerprint density at radius 3 is 2.35 bits per heavy atom. The predicted octanol–water partition coefficient (Wildman–Crippen LogP) is 5.82. The Labute approximate surface area is 239 Å². The average Bonchev–Trinajstić information content (AvgIpc) is 2.96. The van der Waals surface area contributed by atoms with Gasteiger partial charge in [-0.25, -0.2) is 4.39 Å². The van der Waals surface area contributed by atoms with Crippen molar-refractivity contribution in [3.8, 4) is 17.0 Å². The van der Waals surface area contributed by atoms with E-state index >= 15 is 0 Å². The van der Waals surface area contributed by atoms with Crippen LogP contribution in [-0.2, 0) is 21.7 Å². The van der Waals surface area contributed by atoms with Crippen LogP contribution in [-0.4, -0.2) is 51.1 Å². The van der Waals surface area contributed by atoms with Crippen molar-refractivity contribution in [3.05, 3.63) is 108 Å². The van der Waals surface area contributed by atoms with Crippen LogP contribution < -0.4 is 10.1 Å². The van der Waals surface area contributed by atoms with Crippen LogP contribution in [0.3, 0.4) is 0 Å². The van der Waals surface area contributed by atoms with Crippen LogP contribution in [0.2, 0.25) is 5.21 Å². The van der Waals surface area contributed by atoms with Crippen molar-refractivity contribution in [2.45, 2.75) is 17.0 Å². The monoisotopic (exact) mass is 617 g/mol. The van der Waals surface area contributed by atoms with Crippen LogP contribution in [0, 0.1) is 5.82 Å². The van der Waals surface area contributed by atoms with Gasteiger partial charge in [0.05, 0.1) is 0 Å². The van der Waals surface area contributed by atoms with Gasteiger partial charge in [-0.15, -0.1) is 0 Å². The topological polar surface area (TPSA) is 94.1 Å². The third-order valence-electron chi connectivity index (χ3n) is 6.12. The molecule has 3 aromatic carbocycles. The summed E-state index contributed by atoms with van der Waals surface area (Å²) in [6.45, 7) is 0.352. The molecule has 0 amide bonds. The van der Waals surface area contributed by atoms with Crippen molar-refractivity contribution in [1.29, 1.82) is 0 Å². The Bertz CT molecular complexity index is 1700. The first kappa shape index (κ1) is 27.7. The molecule has 5 rings (SSSR count). The number of ether oxygens (including phenoxy) is 1. The van der Waals surface area contributed by atoms with E-state index in [0.717, 1.165) is 43.8 Å². The molecule has 10 heteroatoms. The van der Waals surface area contributed by atoms with Gasteiger partial charge in [-0.2, -0.15) is 0 Å². The molecular formula is C30H27AsFN4O3S. The van der Waals surface area contributed by atoms with Crippen LogP contribution in [0.5, 0.6) is 5.75 Å². The summed E-state index contributed by atoms with van der Waals surface area (Å²) in [5.74, 6) is 1.36. The molecule has 2 heterocycles. The first-order valence-corrected chi connectivity index (χ1v) is 17.3. The maximum atomic E-state index is 13.1. The second-order valence-corrected chi connectivity index (χ2v) is 14.1. The molecule has 0 spiro atoms. The van der Waals surface area contributed by atoms with E-state index in [2.05, 4.69) is 32.4 Å². The van der Waals surface area contributed by atoms with Crippen LogP contribution in [0.25, 0.3) is 22.2 Å². The molecule has 0 saturated carbocycles. The van der Waals surface area contributed by atoms with E-state index < -0.39 is 9.84 Å². The van der Waals surface area contributed by atoms with Crippen molar-refractivity contribution >= 4 is 48.0 Å². The van der Waals surface area contributed by atoms with E-state index in [1.807, 2.05) is 42.5 Å². The molecule has 0 saturated heterocycles. The molecule has 0 atom stereocenters. The van der Waals surface area contributed by atoms with Gasteiger partial charge in [0.1, 0.15) is 18.2 Å². The molecule has 40 heavy (non-hydrogen) atoms. The zero-order chi connectivity index (χ0) is 28.0. The summed E-state index contributed by atoms with van der Waals surface area (Å²) in [7, 11) is -2.89. The molecule has 0 fully saturated rings. The van der Waals surface area contributed by atoms with Gasteiger partial charge in [-0.05, 0) is 29.8 Å². The summed E-state index contributed by atoms with van der Waals surface area (Å²) in [4.78, 5) is 13.4. The predicted molar refractivity (Wildman–Crippen MR) is 157 cm³/mol. The first-order chi connectivity index (χ1) is 19.3. The molecule has 203 valence electrons. The van der Waals surface area contributed by atoms with E-state index in [4.69, 9.17) is 4.74 Å². The fourth-order valence-electron chi connectivity index (χ4n) is 3.95. The van der Waals surface area contributed by atoms with Crippen molar-refractivity contribution in [2.75, 3.05) is 17.3 Å². The van der Waals surface area contributed by atoms with Crippen LogP contribution in [0.1, 0.15) is 11.1 Å². The Morgan fingerprint density at radius 2 is 1.62 bits per heavy atom. The van der Waals surface area contributed by atoms with Crippen LogP contribution in [0.4, 0.5) is 15.9 Å².